The Morgan fingerprint density at radius 2 is 1.95 bits per heavy atom. The van der Waals surface area contributed by atoms with Gasteiger partial charge in [0.15, 0.2) is 0 Å². The van der Waals surface area contributed by atoms with Crippen LogP contribution in [0.3, 0.4) is 0 Å². The molecule has 0 radical (unpaired) electrons. The van der Waals surface area contributed by atoms with Gasteiger partial charge in [0.2, 0.25) is 0 Å². The highest BCUT2D eigenvalue weighted by molar-refractivity contribution is 9.10. The van der Waals surface area contributed by atoms with Crippen molar-refractivity contribution in [3.05, 3.63) is 28.2 Å². The summed E-state index contributed by atoms with van der Waals surface area (Å²) in [6.45, 7) is 11.9. The second-order valence-corrected chi connectivity index (χ2v) is 7.24. The van der Waals surface area contributed by atoms with Crippen molar-refractivity contribution in [1.29, 1.82) is 0 Å². The van der Waals surface area contributed by atoms with E-state index in [1.807, 2.05) is 0 Å². The molecule has 1 rings (SSSR count). The summed E-state index contributed by atoms with van der Waals surface area (Å²) in [6, 6.07) is 6.47. The zero-order valence-corrected chi connectivity index (χ0v) is 15.6. The van der Waals surface area contributed by atoms with E-state index in [0.717, 1.165) is 42.8 Å². The number of aryl methyl sites for hydroxylation is 1. The van der Waals surface area contributed by atoms with Crippen molar-refractivity contribution < 1.29 is 4.74 Å². The number of rotatable bonds is 10. The van der Waals surface area contributed by atoms with Crippen LogP contribution < -0.4 is 10.1 Å². The average Bonchev–Trinajstić information content (AvgIpc) is 2.44. The molecule has 1 aromatic rings. The molecule has 0 fully saturated rings. The highest BCUT2D eigenvalue weighted by Crippen LogP contribution is 2.30. The Balaban J connectivity index is 2.49. The molecular weight excluding hydrogens is 326 g/mol. The second kappa shape index (κ2) is 9.47. The van der Waals surface area contributed by atoms with Crippen molar-refractivity contribution in [2.45, 2.75) is 53.4 Å². The fourth-order valence-electron chi connectivity index (χ4n) is 2.24. The summed E-state index contributed by atoms with van der Waals surface area (Å²) in [5.74, 6) is 0.951. The summed E-state index contributed by atoms with van der Waals surface area (Å²) in [5, 5.41) is 3.41. The first-order valence-corrected chi connectivity index (χ1v) is 8.89. The van der Waals surface area contributed by atoms with Crippen LogP contribution in [0.15, 0.2) is 22.7 Å². The normalized spacial score (nSPS) is 11.7. The van der Waals surface area contributed by atoms with E-state index in [1.54, 1.807) is 0 Å². The minimum absolute atomic E-state index is 0.381. The number of hydrogen-bond acceptors (Lipinski definition) is 2. The molecule has 0 aliphatic rings. The Labute approximate surface area is 138 Å². The predicted octanol–water partition coefficient (Wildman–Crippen LogP) is 5.20. The molecule has 21 heavy (non-hydrogen) atoms. The third-order valence-electron chi connectivity index (χ3n) is 3.78. The van der Waals surface area contributed by atoms with Gasteiger partial charge in [-0.05, 0) is 77.8 Å². The van der Waals surface area contributed by atoms with Gasteiger partial charge in [0, 0.05) is 0 Å². The lowest BCUT2D eigenvalue weighted by molar-refractivity contribution is 0.303. The van der Waals surface area contributed by atoms with E-state index in [2.05, 4.69) is 67.1 Å². The molecular formula is C18H30BrNO. The first kappa shape index (κ1) is 18.5. The van der Waals surface area contributed by atoms with E-state index in [-0.39, 0.29) is 0 Å². The van der Waals surface area contributed by atoms with Gasteiger partial charge >= 0.3 is 0 Å². The minimum atomic E-state index is 0.381. The summed E-state index contributed by atoms with van der Waals surface area (Å²) >= 11 is 3.61. The SMILES string of the molecule is CCCOc1ccc(CCC(C)(C)CCNCC)cc1Br. The summed E-state index contributed by atoms with van der Waals surface area (Å²) in [6.07, 6.45) is 4.58. The van der Waals surface area contributed by atoms with Crippen LogP contribution in [0.4, 0.5) is 0 Å². The third kappa shape index (κ3) is 7.32. The number of hydrogen-bond donors (Lipinski definition) is 1. The van der Waals surface area contributed by atoms with Gasteiger partial charge < -0.3 is 10.1 Å². The van der Waals surface area contributed by atoms with Gasteiger partial charge in [0.25, 0.3) is 0 Å². The van der Waals surface area contributed by atoms with Gasteiger partial charge in [-0.2, -0.15) is 0 Å². The molecule has 0 saturated carbocycles. The molecule has 0 aliphatic heterocycles. The van der Waals surface area contributed by atoms with Crippen LogP contribution in [0.2, 0.25) is 0 Å². The molecule has 0 saturated heterocycles. The Morgan fingerprint density at radius 1 is 1.19 bits per heavy atom. The van der Waals surface area contributed by atoms with E-state index in [4.69, 9.17) is 4.74 Å². The quantitative estimate of drug-likeness (QED) is 0.582. The van der Waals surface area contributed by atoms with Crippen molar-refractivity contribution in [3.63, 3.8) is 0 Å². The zero-order chi connectivity index (χ0) is 15.7. The summed E-state index contributed by atoms with van der Waals surface area (Å²) < 4.78 is 6.77. The molecule has 0 heterocycles. The maximum absolute atomic E-state index is 5.70. The fraction of sp³-hybridized carbons (Fsp3) is 0.667. The van der Waals surface area contributed by atoms with E-state index in [0.29, 0.717) is 5.41 Å². The number of nitrogens with one attached hydrogen (secondary N) is 1. The molecule has 1 N–H and O–H groups in total. The molecule has 2 nitrogen and oxygen atoms in total. The highest BCUT2D eigenvalue weighted by Gasteiger charge is 2.17. The Hall–Kier alpha value is -0.540. The zero-order valence-electron chi connectivity index (χ0n) is 14.0. The van der Waals surface area contributed by atoms with Crippen LogP contribution in [-0.2, 0) is 6.42 Å². The van der Waals surface area contributed by atoms with Crippen molar-refractivity contribution in [3.8, 4) is 5.75 Å². The van der Waals surface area contributed by atoms with Gasteiger partial charge in [-0.1, -0.05) is 33.8 Å². The smallest absolute Gasteiger partial charge is 0.133 e. The van der Waals surface area contributed by atoms with Gasteiger partial charge in [0.1, 0.15) is 5.75 Å². The lowest BCUT2D eigenvalue weighted by Gasteiger charge is -2.25. The van der Waals surface area contributed by atoms with Crippen LogP contribution in [-0.4, -0.2) is 19.7 Å². The van der Waals surface area contributed by atoms with Crippen LogP contribution >= 0.6 is 15.9 Å². The molecule has 0 amide bonds. The molecule has 0 unspecified atom stereocenters. The molecule has 0 atom stereocenters. The topological polar surface area (TPSA) is 21.3 Å². The highest BCUT2D eigenvalue weighted by atomic mass is 79.9. The molecule has 1 aromatic carbocycles. The Bertz CT molecular complexity index is 418. The first-order chi connectivity index (χ1) is 9.98. The number of ether oxygens (including phenoxy) is 1. The number of halogens is 1. The van der Waals surface area contributed by atoms with Crippen molar-refractivity contribution >= 4 is 15.9 Å². The summed E-state index contributed by atoms with van der Waals surface area (Å²) in [5.41, 5.74) is 1.76. The monoisotopic (exact) mass is 355 g/mol. The molecule has 0 aromatic heterocycles. The van der Waals surface area contributed by atoms with Crippen LogP contribution in [0.25, 0.3) is 0 Å². The van der Waals surface area contributed by atoms with Gasteiger partial charge in [-0.25, -0.2) is 0 Å². The van der Waals surface area contributed by atoms with E-state index < -0.39 is 0 Å². The minimum Gasteiger partial charge on any atom is -0.492 e. The average molecular weight is 356 g/mol. The fourth-order valence-corrected chi connectivity index (χ4v) is 2.78. The third-order valence-corrected chi connectivity index (χ3v) is 4.40. The van der Waals surface area contributed by atoms with Gasteiger partial charge in [0.05, 0.1) is 11.1 Å². The van der Waals surface area contributed by atoms with Gasteiger partial charge in [-0.3, -0.25) is 0 Å². The number of benzene rings is 1. The first-order valence-electron chi connectivity index (χ1n) is 8.10. The summed E-state index contributed by atoms with van der Waals surface area (Å²) in [4.78, 5) is 0. The predicted molar refractivity (Wildman–Crippen MR) is 95.2 cm³/mol. The van der Waals surface area contributed by atoms with E-state index >= 15 is 0 Å². The van der Waals surface area contributed by atoms with E-state index in [9.17, 15) is 0 Å². The molecule has 3 heteroatoms. The standard InChI is InChI=1S/C18H30BrNO/c1-5-13-21-17-8-7-15(14-16(17)19)9-10-18(3,4)11-12-20-6-2/h7-8,14,20H,5-6,9-13H2,1-4H3. The van der Waals surface area contributed by atoms with Crippen molar-refractivity contribution in [2.24, 2.45) is 5.41 Å². The van der Waals surface area contributed by atoms with Crippen LogP contribution in [0, 0.1) is 5.41 Å². The second-order valence-electron chi connectivity index (χ2n) is 6.38. The molecule has 0 bridgehead atoms. The largest absolute Gasteiger partial charge is 0.492 e. The maximum Gasteiger partial charge on any atom is 0.133 e. The van der Waals surface area contributed by atoms with Crippen LogP contribution in [0.5, 0.6) is 5.75 Å². The van der Waals surface area contributed by atoms with Crippen molar-refractivity contribution in [2.75, 3.05) is 19.7 Å². The lowest BCUT2D eigenvalue weighted by Crippen LogP contribution is -2.22. The van der Waals surface area contributed by atoms with Crippen molar-refractivity contribution in [1.82, 2.24) is 5.32 Å². The molecule has 0 spiro atoms. The Kier molecular flexibility index (Phi) is 8.35. The van der Waals surface area contributed by atoms with Crippen LogP contribution in [0.1, 0.15) is 52.5 Å². The molecule has 120 valence electrons. The summed E-state index contributed by atoms with van der Waals surface area (Å²) in [7, 11) is 0. The van der Waals surface area contributed by atoms with Gasteiger partial charge in [-0.15, -0.1) is 0 Å². The molecule has 0 aliphatic carbocycles. The lowest BCUT2D eigenvalue weighted by atomic mass is 9.83. The Morgan fingerprint density at radius 3 is 2.57 bits per heavy atom. The van der Waals surface area contributed by atoms with E-state index in [1.165, 1.54) is 18.4 Å². The maximum atomic E-state index is 5.70.